The molecule has 0 unspecified atom stereocenters. The summed E-state index contributed by atoms with van der Waals surface area (Å²) in [5, 5.41) is 0. The van der Waals surface area contributed by atoms with Gasteiger partial charge in [0.25, 0.3) is 0 Å². The van der Waals surface area contributed by atoms with Gasteiger partial charge < -0.3 is 9.47 Å². The molecule has 0 spiro atoms. The molecule has 0 bridgehead atoms. The summed E-state index contributed by atoms with van der Waals surface area (Å²) >= 11 is 0. The second-order valence-electron chi connectivity index (χ2n) is 8.10. The maximum atomic E-state index is 5.46. The standard InChI is InChI=1S/C30H30O2/c1-6-8-9-26-27-19-10-21(3)20-29(27)30(28(26)7-2,22-11-15-24(31-4)16-12-22)23-13-17-25(32-5)18-14-23/h7-20H,2,6H2,1,3-5H3/b9-8-. The van der Waals surface area contributed by atoms with Crippen molar-refractivity contribution >= 4 is 5.57 Å². The van der Waals surface area contributed by atoms with Crippen LogP contribution >= 0.6 is 0 Å². The molecule has 4 rings (SSSR count). The molecule has 32 heavy (non-hydrogen) atoms. The maximum Gasteiger partial charge on any atom is 0.118 e. The number of hydrogen-bond donors (Lipinski definition) is 0. The Hall–Kier alpha value is -3.52. The van der Waals surface area contributed by atoms with Crippen LogP contribution in [0.2, 0.25) is 0 Å². The Balaban J connectivity index is 2.13. The first kappa shape index (κ1) is 21.7. The van der Waals surface area contributed by atoms with Gasteiger partial charge >= 0.3 is 0 Å². The summed E-state index contributed by atoms with van der Waals surface area (Å²) in [5.74, 6) is 1.69. The van der Waals surface area contributed by atoms with Gasteiger partial charge in [0.05, 0.1) is 19.6 Å². The molecular formula is C30H30O2. The Morgan fingerprint density at radius 3 is 1.88 bits per heavy atom. The molecule has 0 fully saturated rings. The van der Waals surface area contributed by atoms with Crippen molar-refractivity contribution in [3.8, 4) is 11.5 Å². The third-order valence-corrected chi connectivity index (χ3v) is 6.33. The van der Waals surface area contributed by atoms with Crippen LogP contribution in [-0.4, -0.2) is 14.2 Å². The summed E-state index contributed by atoms with van der Waals surface area (Å²) in [5.41, 5.74) is 8.08. The first-order valence-electron chi connectivity index (χ1n) is 11.0. The van der Waals surface area contributed by atoms with Gasteiger partial charge in [-0.15, -0.1) is 0 Å². The van der Waals surface area contributed by atoms with Crippen molar-refractivity contribution in [1.82, 2.24) is 0 Å². The van der Waals surface area contributed by atoms with E-state index in [0.717, 1.165) is 17.9 Å². The Morgan fingerprint density at radius 2 is 1.41 bits per heavy atom. The highest BCUT2D eigenvalue weighted by atomic mass is 16.5. The monoisotopic (exact) mass is 422 g/mol. The number of aryl methyl sites for hydroxylation is 1. The fourth-order valence-electron chi connectivity index (χ4n) is 4.84. The normalized spacial score (nSPS) is 14.5. The molecule has 2 nitrogen and oxygen atoms in total. The van der Waals surface area contributed by atoms with E-state index in [1.54, 1.807) is 14.2 Å². The highest BCUT2D eigenvalue weighted by Gasteiger charge is 2.46. The van der Waals surface area contributed by atoms with Gasteiger partial charge in [-0.3, -0.25) is 0 Å². The van der Waals surface area contributed by atoms with Crippen molar-refractivity contribution in [2.45, 2.75) is 25.7 Å². The number of hydrogen-bond acceptors (Lipinski definition) is 2. The van der Waals surface area contributed by atoms with E-state index in [1.165, 1.54) is 39.0 Å². The number of fused-ring (bicyclic) bond motifs is 1. The van der Waals surface area contributed by atoms with Crippen molar-refractivity contribution in [3.63, 3.8) is 0 Å². The number of methoxy groups -OCH3 is 2. The van der Waals surface area contributed by atoms with Crippen LogP contribution in [-0.2, 0) is 5.41 Å². The van der Waals surface area contributed by atoms with E-state index in [1.807, 2.05) is 30.3 Å². The SMILES string of the molecule is C=CC1=C(/C=C\CC)c2ccc(C)cc2C1(c1ccc(OC)cc1)c1ccc(OC)cc1. The second kappa shape index (κ2) is 8.92. The van der Waals surface area contributed by atoms with Crippen molar-refractivity contribution < 1.29 is 9.47 Å². The summed E-state index contributed by atoms with van der Waals surface area (Å²) in [7, 11) is 3.40. The van der Waals surface area contributed by atoms with E-state index in [0.29, 0.717) is 0 Å². The number of benzene rings is 3. The predicted molar refractivity (Wildman–Crippen MR) is 134 cm³/mol. The third-order valence-electron chi connectivity index (χ3n) is 6.33. The fourth-order valence-corrected chi connectivity index (χ4v) is 4.84. The van der Waals surface area contributed by atoms with Crippen LogP contribution in [0.1, 0.15) is 41.2 Å². The van der Waals surface area contributed by atoms with E-state index in [4.69, 9.17) is 9.47 Å². The Bertz CT molecular complexity index is 1130. The largest absolute Gasteiger partial charge is 0.497 e. The van der Waals surface area contributed by atoms with Crippen LogP contribution in [0.5, 0.6) is 11.5 Å². The molecule has 0 radical (unpaired) electrons. The topological polar surface area (TPSA) is 18.5 Å². The number of ether oxygens (including phenoxy) is 2. The summed E-state index contributed by atoms with van der Waals surface area (Å²) < 4.78 is 10.9. The molecule has 1 aliphatic carbocycles. The molecule has 162 valence electrons. The summed E-state index contributed by atoms with van der Waals surface area (Å²) in [6, 6.07) is 23.6. The maximum absolute atomic E-state index is 5.46. The molecule has 0 saturated carbocycles. The van der Waals surface area contributed by atoms with Crippen LogP contribution < -0.4 is 9.47 Å². The van der Waals surface area contributed by atoms with Crippen molar-refractivity contribution in [2.75, 3.05) is 14.2 Å². The summed E-state index contributed by atoms with van der Waals surface area (Å²) in [6.45, 7) is 8.59. The molecule has 0 aromatic heterocycles. The lowest BCUT2D eigenvalue weighted by Gasteiger charge is -2.35. The van der Waals surface area contributed by atoms with Crippen LogP contribution in [0.3, 0.4) is 0 Å². The minimum atomic E-state index is -0.477. The molecule has 3 aromatic rings. The lowest BCUT2D eigenvalue weighted by Crippen LogP contribution is -2.29. The smallest absolute Gasteiger partial charge is 0.118 e. The van der Waals surface area contributed by atoms with Crippen molar-refractivity contribution in [1.29, 1.82) is 0 Å². The van der Waals surface area contributed by atoms with Gasteiger partial charge in [0.15, 0.2) is 0 Å². The van der Waals surface area contributed by atoms with E-state index >= 15 is 0 Å². The van der Waals surface area contributed by atoms with E-state index in [2.05, 4.69) is 75.0 Å². The zero-order chi connectivity index (χ0) is 22.7. The molecule has 0 aliphatic heterocycles. The molecular weight excluding hydrogens is 392 g/mol. The molecule has 3 aromatic carbocycles. The molecule has 0 amide bonds. The minimum absolute atomic E-state index is 0.477. The number of allylic oxidation sites excluding steroid dienone is 5. The predicted octanol–water partition coefficient (Wildman–Crippen LogP) is 7.27. The summed E-state index contributed by atoms with van der Waals surface area (Å²) in [4.78, 5) is 0. The molecule has 0 heterocycles. The average Bonchev–Trinajstić information content (AvgIpc) is 3.12. The van der Waals surface area contributed by atoms with Crippen LogP contribution in [0.25, 0.3) is 5.57 Å². The van der Waals surface area contributed by atoms with Gasteiger partial charge in [0.2, 0.25) is 0 Å². The van der Waals surface area contributed by atoms with Gasteiger partial charge in [-0.05, 0) is 71.0 Å². The quantitative estimate of drug-likeness (QED) is 0.399. The lowest BCUT2D eigenvalue weighted by molar-refractivity contribution is 0.414. The van der Waals surface area contributed by atoms with E-state index in [9.17, 15) is 0 Å². The zero-order valence-electron chi connectivity index (χ0n) is 19.3. The zero-order valence-corrected chi connectivity index (χ0v) is 19.3. The van der Waals surface area contributed by atoms with Gasteiger partial charge in [-0.2, -0.15) is 0 Å². The molecule has 0 saturated heterocycles. The first-order valence-corrected chi connectivity index (χ1v) is 11.0. The Morgan fingerprint density at radius 1 is 0.844 bits per heavy atom. The van der Waals surface area contributed by atoms with Gasteiger partial charge in [0, 0.05) is 0 Å². The highest BCUT2D eigenvalue weighted by Crippen LogP contribution is 2.55. The lowest BCUT2D eigenvalue weighted by atomic mass is 9.66. The van der Waals surface area contributed by atoms with Gasteiger partial charge in [-0.1, -0.05) is 79.8 Å². The number of rotatable bonds is 7. The summed E-state index contributed by atoms with van der Waals surface area (Å²) in [6.07, 6.45) is 7.48. The Labute approximate surface area is 191 Å². The average molecular weight is 423 g/mol. The molecule has 0 N–H and O–H groups in total. The van der Waals surface area contributed by atoms with Crippen LogP contribution in [0.4, 0.5) is 0 Å². The van der Waals surface area contributed by atoms with E-state index < -0.39 is 5.41 Å². The first-order chi connectivity index (χ1) is 15.6. The highest BCUT2D eigenvalue weighted by molar-refractivity contribution is 5.92. The van der Waals surface area contributed by atoms with Gasteiger partial charge in [-0.25, -0.2) is 0 Å². The van der Waals surface area contributed by atoms with Gasteiger partial charge in [0.1, 0.15) is 11.5 Å². The molecule has 2 heteroatoms. The Kier molecular flexibility index (Phi) is 6.05. The molecule has 0 atom stereocenters. The van der Waals surface area contributed by atoms with Crippen molar-refractivity contribution in [3.05, 3.63) is 125 Å². The van der Waals surface area contributed by atoms with Crippen molar-refractivity contribution in [2.24, 2.45) is 0 Å². The molecule has 1 aliphatic rings. The van der Waals surface area contributed by atoms with Crippen LogP contribution in [0.15, 0.2) is 97.1 Å². The third kappa shape index (κ3) is 3.36. The minimum Gasteiger partial charge on any atom is -0.497 e. The fraction of sp³-hybridized carbons (Fsp3) is 0.200. The van der Waals surface area contributed by atoms with E-state index in [-0.39, 0.29) is 0 Å². The van der Waals surface area contributed by atoms with Crippen LogP contribution in [0, 0.1) is 6.92 Å². The second-order valence-corrected chi connectivity index (χ2v) is 8.10.